The number of hydrogen-bond acceptors (Lipinski definition) is 3. The van der Waals surface area contributed by atoms with Gasteiger partial charge in [0.15, 0.2) is 0 Å². The number of nitrogens with zero attached hydrogens (tertiary/aromatic N) is 1. The molecule has 1 heterocycles. The van der Waals surface area contributed by atoms with E-state index in [1.807, 2.05) is 25.1 Å². The highest BCUT2D eigenvalue weighted by Crippen LogP contribution is 2.22. The van der Waals surface area contributed by atoms with Crippen LogP contribution in [0.1, 0.15) is 17.5 Å². The van der Waals surface area contributed by atoms with E-state index in [1.165, 1.54) is 0 Å². The average molecular weight is 265 g/mol. The van der Waals surface area contributed by atoms with Gasteiger partial charge in [-0.3, -0.25) is 0 Å². The van der Waals surface area contributed by atoms with Crippen molar-refractivity contribution < 1.29 is 5.11 Å². The number of pyridine rings is 1. The smallest absolute Gasteiger partial charge is 0.134 e. The minimum atomic E-state index is 0.204. The standard InChI is InChI=1S/C14H17ClN2O/c1-10-4-2-5-11-8-12(9-16-6-3-7-18)14(15)17-13(10)11/h2,4-5,8,16,18H,3,6-7,9H2,1H3. The van der Waals surface area contributed by atoms with Gasteiger partial charge < -0.3 is 10.4 Å². The number of hydrogen-bond donors (Lipinski definition) is 2. The lowest BCUT2D eigenvalue weighted by Crippen LogP contribution is -2.16. The first kappa shape index (κ1) is 13.3. The third-order valence-corrected chi connectivity index (χ3v) is 3.23. The quantitative estimate of drug-likeness (QED) is 0.645. The lowest BCUT2D eigenvalue weighted by molar-refractivity contribution is 0.286. The van der Waals surface area contributed by atoms with Crippen molar-refractivity contribution in [3.05, 3.63) is 40.5 Å². The molecule has 0 spiro atoms. The Balaban J connectivity index is 2.21. The predicted molar refractivity (Wildman–Crippen MR) is 74.9 cm³/mol. The first-order valence-electron chi connectivity index (χ1n) is 6.08. The number of aromatic nitrogens is 1. The molecule has 2 N–H and O–H groups in total. The second kappa shape index (κ2) is 6.14. The molecule has 3 nitrogen and oxygen atoms in total. The molecule has 0 aliphatic rings. The molecular formula is C14H17ClN2O. The van der Waals surface area contributed by atoms with Crippen LogP contribution in [0.5, 0.6) is 0 Å². The van der Waals surface area contributed by atoms with Crippen LogP contribution in [0.4, 0.5) is 0 Å². The summed E-state index contributed by atoms with van der Waals surface area (Å²) >= 11 is 6.19. The first-order chi connectivity index (χ1) is 8.72. The summed E-state index contributed by atoms with van der Waals surface area (Å²) in [4.78, 5) is 4.45. The van der Waals surface area contributed by atoms with E-state index in [1.54, 1.807) is 0 Å². The summed E-state index contributed by atoms with van der Waals surface area (Å²) in [6.45, 7) is 3.69. The number of aliphatic hydroxyl groups excluding tert-OH is 1. The molecule has 0 amide bonds. The summed E-state index contributed by atoms with van der Waals surface area (Å²) < 4.78 is 0. The van der Waals surface area contributed by atoms with Crippen molar-refractivity contribution in [1.29, 1.82) is 0 Å². The Morgan fingerprint density at radius 1 is 1.39 bits per heavy atom. The Bertz CT molecular complexity index is 543. The zero-order chi connectivity index (χ0) is 13.0. The fourth-order valence-electron chi connectivity index (χ4n) is 1.92. The Morgan fingerprint density at radius 3 is 3.00 bits per heavy atom. The van der Waals surface area contributed by atoms with Crippen molar-refractivity contribution in [3.63, 3.8) is 0 Å². The Hall–Kier alpha value is -1.16. The molecule has 0 radical (unpaired) electrons. The second-order valence-corrected chi connectivity index (χ2v) is 4.70. The molecule has 0 saturated carbocycles. The maximum Gasteiger partial charge on any atom is 0.134 e. The van der Waals surface area contributed by atoms with Gasteiger partial charge in [-0.25, -0.2) is 4.98 Å². The molecule has 4 heteroatoms. The van der Waals surface area contributed by atoms with Gasteiger partial charge in [0.2, 0.25) is 0 Å². The van der Waals surface area contributed by atoms with E-state index in [0.717, 1.165) is 35.0 Å². The van der Waals surface area contributed by atoms with Gasteiger partial charge in [-0.15, -0.1) is 0 Å². The zero-order valence-corrected chi connectivity index (χ0v) is 11.2. The SMILES string of the molecule is Cc1cccc2cc(CNCCCO)c(Cl)nc12. The molecule has 0 saturated heterocycles. The minimum Gasteiger partial charge on any atom is -0.396 e. The Morgan fingerprint density at radius 2 is 2.22 bits per heavy atom. The minimum absolute atomic E-state index is 0.204. The van der Waals surface area contributed by atoms with Gasteiger partial charge in [0, 0.05) is 24.1 Å². The highest BCUT2D eigenvalue weighted by Gasteiger charge is 2.06. The van der Waals surface area contributed by atoms with E-state index in [9.17, 15) is 0 Å². The number of fused-ring (bicyclic) bond motifs is 1. The van der Waals surface area contributed by atoms with Crippen LogP contribution in [-0.2, 0) is 6.54 Å². The molecule has 2 rings (SSSR count). The van der Waals surface area contributed by atoms with Crippen LogP contribution >= 0.6 is 11.6 Å². The number of para-hydroxylation sites is 1. The molecule has 0 aliphatic heterocycles. The van der Waals surface area contributed by atoms with E-state index >= 15 is 0 Å². The molecule has 1 aromatic carbocycles. The third kappa shape index (κ3) is 2.99. The highest BCUT2D eigenvalue weighted by molar-refractivity contribution is 6.30. The number of nitrogens with one attached hydrogen (secondary N) is 1. The van der Waals surface area contributed by atoms with Crippen molar-refractivity contribution in [3.8, 4) is 0 Å². The van der Waals surface area contributed by atoms with Crippen molar-refractivity contribution in [1.82, 2.24) is 10.3 Å². The fraction of sp³-hybridized carbons (Fsp3) is 0.357. The summed E-state index contributed by atoms with van der Waals surface area (Å²) in [5, 5.41) is 13.6. The topological polar surface area (TPSA) is 45.1 Å². The normalized spacial score (nSPS) is 11.1. The van der Waals surface area contributed by atoms with Gasteiger partial charge in [-0.1, -0.05) is 29.8 Å². The Labute approximate surface area is 112 Å². The van der Waals surface area contributed by atoms with E-state index < -0.39 is 0 Å². The summed E-state index contributed by atoms with van der Waals surface area (Å²) in [5.41, 5.74) is 3.09. The number of aryl methyl sites for hydroxylation is 1. The summed E-state index contributed by atoms with van der Waals surface area (Å²) in [5.74, 6) is 0. The van der Waals surface area contributed by atoms with Crippen molar-refractivity contribution in [2.24, 2.45) is 0 Å². The van der Waals surface area contributed by atoms with Crippen molar-refractivity contribution >= 4 is 22.5 Å². The molecular weight excluding hydrogens is 248 g/mol. The number of rotatable bonds is 5. The van der Waals surface area contributed by atoms with Gasteiger partial charge in [0.25, 0.3) is 0 Å². The van der Waals surface area contributed by atoms with Crippen LogP contribution in [0.25, 0.3) is 10.9 Å². The number of halogens is 1. The van der Waals surface area contributed by atoms with Crippen LogP contribution in [-0.4, -0.2) is 23.2 Å². The van der Waals surface area contributed by atoms with Crippen molar-refractivity contribution in [2.75, 3.05) is 13.2 Å². The van der Waals surface area contributed by atoms with Gasteiger partial charge in [0.1, 0.15) is 5.15 Å². The maximum absolute atomic E-state index is 8.71. The molecule has 2 aromatic rings. The summed E-state index contributed by atoms with van der Waals surface area (Å²) in [7, 11) is 0. The Kier molecular flexibility index (Phi) is 4.53. The lowest BCUT2D eigenvalue weighted by Gasteiger charge is -2.08. The van der Waals surface area contributed by atoms with Crippen LogP contribution in [0.3, 0.4) is 0 Å². The van der Waals surface area contributed by atoms with Gasteiger partial charge in [0.05, 0.1) is 5.52 Å². The highest BCUT2D eigenvalue weighted by atomic mass is 35.5. The van der Waals surface area contributed by atoms with Gasteiger partial charge in [-0.05, 0) is 31.5 Å². The van der Waals surface area contributed by atoms with Gasteiger partial charge >= 0.3 is 0 Å². The van der Waals surface area contributed by atoms with Crippen molar-refractivity contribution in [2.45, 2.75) is 19.9 Å². The molecule has 0 unspecified atom stereocenters. The van der Waals surface area contributed by atoms with E-state index in [2.05, 4.69) is 16.4 Å². The van der Waals surface area contributed by atoms with Gasteiger partial charge in [-0.2, -0.15) is 0 Å². The largest absolute Gasteiger partial charge is 0.396 e. The maximum atomic E-state index is 8.71. The fourth-order valence-corrected chi connectivity index (χ4v) is 2.13. The second-order valence-electron chi connectivity index (χ2n) is 4.34. The van der Waals surface area contributed by atoms with E-state index in [0.29, 0.717) is 11.7 Å². The third-order valence-electron chi connectivity index (χ3n) is 2.90. The van der Waals surface area contributed by atoms with Crippen LogP contribution in [0.15, 0.2) is 24.3 Å². The monoisotopic (exact) mass is 264 g/mol. The molecule has 0 fully saturated rings. The summed E-state index contributed by atoms with van der Waals surface area (Å²) in [6.07, 6.45) is 0.748. The van der Waals surface area contributed by atoms with Crippen LogP contribution in [0.2, 0.25) is 5.15 Å². The molecule has 96 valence electrons. The number of benzene rings is 1. The molecule has 0 aliphatic carbocycles. The zero-order valence-electron chi connectivity index (χ0n) is 10.4. The number of aliphatic hydroxyl groups is 1. The predicted octanol–water partition coefficient (Wildman–Crippen LogP) is 2.67. The lowest BCUT2D eigenvalue weighted by atomic mass is 10.1. The van der Waals surface area contributed by atoms with E-state index in [-0.39, 0.29) is 6.61 Å². The van der Waals surface area contributed by atoms with Crippen LogP contribution in [0, 0.1) is 6.92 Å². The molecule has 18 heavy (non-hydrogen) atoms. The van der Waals surface area contributed by atoms with Crippen LogP contribution < -0.4 is 5.32 Å². The molecule has 0 atom stereocenters. The van der Waals surface area contributed by atoms with E-state index in [4.69, 9.17) is 16.7 Å². The first-order valence-corrected chi connectivity index (χ1v) is 6.46. The average Bonchev–Trinajstić information content (AvgIpc) is 2.36. The molecule has 1 aromatic heterocycles. The molecule has 0 bridgehead atoms. The summed E-state index contributed by atoms with van der Waals surface area (Å²) in [6, 6.07) is 8.17.